The summed E-state index contributed by atoms with van der Waals surface area (Å²) in [7, 11) is 0. The van der Waals surface area contributed by atoms with E-state index < -0.39 is 40.9 Å². The fourth-order valence-electron chi connectivity index (χ4n) is 5.70. The molecule has 2 N–H and O–H groups in total. The Bertz CT molecular complexity index is 1740. The van der Waals surface area contributed by atoms with Crippen molar-refractivity contribution in [2.45, 2.75) is 30.9 Å². The molecule has 3 aromatic carbocycles. The van der Waals surface area contributed by atoms with Gasteiger partial charge in [-0.3, -0.25) is 9.69 Å². The number of nitrogens with two attached hydrogens (primary N) is 1. The maximum Gasteiger partial charge on any atom is 0.336 e. The molecule has 0 saturated heterocycles. The van der Waals surface area contributed by atoms with Crippen LogP contribution in [0.2, 0.25) is 10.0 Å². The lowest BCUT2D eigenvalue weighted by atomic mass is 9.92. The molecule has 0 spiro atoms. The summed E-state index contributed by atoms with van der Waals surface area (Å²) in [5.41, 5.74) is 7.37. The highest BCUT2D eigenvalue weighted by Crippen LogP contribution is 2.45. The van der Waals surface area contributed by atoms with Crippen LogP contribution in [0, 0.1) is 11.6 Å². The van der Waals surface area contributed by atoms with E-state index in [1.807, 2.05) is 4.90 Å². The van der Waals surface area contributed by atoms with Crippen LogP contribution in [0.5, 0.6) is 11.5 Å². The van der Waals surface area contributed by atoms with Gasteiger partial charge in [0.1, 0.15) is 30.8 Å². The number of nitrogens with zero attached hydrogens (tertiary/aromatic N) is 1. The van der Waals surface area contributed by atoms with E-state index in [9.17, 15) is 18.4 Å². The van der Waals surface area contributed by atoms with Crippen molar-refractivity contribution in [2.75, 3.05) is 33.1 Å². The summed E-state index contributed by atoms with van der Waals surface area (Å²) in [5.74, 6) is -2.68. The lowest BCUT2D eigenvalue weighted by molar-refractivity contribution is -0.145. The molecule has 13 heteroatoms. The maximum absolute atomic E-state index is 14.1. The van der Waals surface area contributed by atoms with E-state index in [1.165, 1.54) is 6.26 Å². The summed E-state index contributed by atoms with van der Waals surface area (Å²) in [6, 6.07) is 16.1. The molecule has 0 aromatic heterocycles. The van der Waals surface area contributed by atoms with Gasteiger partial charge < -0.3 is 29.4 Å². The van der Waals surface area contributed by atoms with Crippen molar-refractivity contribution >= 4 is 40.7 Å². The minimum Gasteiger partial charge on any atom is -0.490 e. The maximum atomic E-state index is 14.1. The summed E-state index contributed by atoms with van der Waals surface area (Å²) < 4.78 is 55.9. The largest absolute Gasteiger partial charge is 0.490 e. The molecule has 2 aliphatic heterocycles. The fraction of sp³-hybridized carbons (Fsp3) is 0.294. The summed E-state index contributed by atoms with van der Waals surface area (Å²) in [6.45, 7) is 0.504. The molecule has 2 heterocycles. The number of benzene rings is 3. The number of amides is 1. The van der Waals surface area contributed by atoms with E-state index in [-0.39, 0.29) is 31.6 Å². The van der Waals surface area contributed by atoms with Crippen LogP contribution in [-0.4, -0.2) is 55.4 Å². The molecule has 246 valence electrons. The molecule has 9 nitrogen and oxygen atoms in total. The number of hydrogen-bond acceptors (Lipinski definition) is 8. The third-order valence-electron chi connectivity index (χ3n) is 8.35. The molecule has 1 aliphatic carbocycles. The topological polar surface area (TPSA) is 110 Å². The number of carbonyl (C=O) groups excluding carboxylic acids is 2. The van der Waals surface area contributed by atoms with Gasteiger partial charge in [0.05, 0.1) is 10.6 Å². The zero-order valence-corrected chi connectivity index (χ0v) is 26.5. The van der Waals surface area contributed by atoms with Crippen molar-refractivity contribution < 1.29 is 42.1 Å². The predicted molar refractivity (Wildman–Crippen MR) is 168 cm³/mol. The second kappa shape index (κ2) is 13.8. The highest BCUT2D eigenvalue weighted by molar-refractivity contribution is 6.31. The van der Waals surface area contributed by atoms with E-state index in [0.29, 0.717) is 53.5 Å². The van der Waals surface area contributed by atoms with Gasteiger partial charge in [-0.25, -0.2) is 13.6 Å². The lowest BCUT2D eigenvalue weighted by Crippen LogP contribution is -2.50. The van der Waals surface area contributed by atoms with Crippen molar-refractivity contribution in [3.05, 3.63) is 111 Å². The van der Waals surface area contributed by atoms with Crippen molar-refractivity contribution in [1.29, 1.82) is 0 Å². The second-order valence-corrected chi connectivity index (χ2v) is 12.0. The molecule has 1 atom stereocenters. The molecule has 3 aromatic rings. The Morgan fingerprint density at radius 2 is 1.72 bits per heavy atom. The van der Waals surface area contributed by atoms with E-state index in [1.54, 1.807) is 48.5 Å². The van der Waals surface area contributed by atoms with Gasteiger partial charge in [0.25, 0.3) is 0 Å². The highest BCUT2D eigenvalue weighted by atomic mass is 35.5. The van der Waals surface area contributed by atoms with E-state index in [2.05, 4.69) is 0 Å². The summed E-state index contributed by atoms with van der Waals surface area (Å²) in [6.07, 6.45) is 2.10. The van der Waals surface area contributed by atoms with Gasteiger partial charge in [0, 0.05) is 23.7 Å². The third kappa shape index (κ3) is 6.88. The van der Waals surface area contributed by atoms with Crippen LogP contribution in [0.25, 0.3) is 5.57 Å². The molecule has 0 bridgehead atoms. The Morgan fingerprint density at radius 1 is 0.979 bits per heavy atom. The zero-order chi connectivity index (χ0) is 33.1. The van der Waals surface area contributed by atoms with Crippen LogP contribution in [0.15, 0.2) is 78.3 Å². The van der Waals surface area contributed by atoms with Gasteiger partial charge >= 0.3 is 5.97 Å². The molecule has 1 fully saturated rings. The number of primary amides is 1. The van der Waals surface area contributed by atoms with Gasteiger partial charge in [0.15, 0.2) is 29.2 Å². The average molecular weight is 688 g/mol. The standard InChI is InChI=1S/C34H30Cl2F2N2O7/c35-25-4-2-1-3-23(25)30(28-18-43-19-46-28)47-32(41)24-17-40(34(12-13-34)33(39)42)14-11-22(24)20-5-7-21(8-6-20)44-15-16-45-31-27(37)10-9-26(36)29(31)38/h1-10,18,30H,11-17,19H2,(H2,39,42). The lowest BCUT2D eigenvalue weighted by Gasteiger charge is -2.35. The van der Waals surface area contributed by atoms with E-state index >= 15 is 0 Å². The molecule has 0 radical (unpaired) electrons. The van der Waals surface area contributed by atoms with Crippen LogP contribution in [-0.2, 0) is 23.8 Å². The number of carbonyl (C=O) groups is 2. The number of halogens is 4. The minimum atomic E-state index is -0.980. The Morgan fingerprint density at radius 3 is 2.40 bits per heavy atom. The van der Waals surface area contributed by atoms with Gasteiger partial charge in [-0.1, -0.05) is 53.5 Å². The first-order valence-corrected chi connectivity index (χ1v) is 15.6. The van der Waals surface area contributed by atoms with Crippen molar-refractivity contribution in [3.63, 3.8) is 0 Å². The smallest absolute Gasteiger partial charge is 0.336 e. The third-order valence-corrected chi connectivity index (χ3v) is 8.98. The Balaban J connectivity index is 1.22. The summed E-state index contributed by atoms with van der Waals surface area (Å²) >= 11 is 12.2. The average Bonchev–Trinajstić information content (AvgIpc) is 3.72. The number of rotatable bonds is 12. The molecular formula is C34H30Cl2F2N2O7. The number of hydrogen-bond donors (Lipinski definition) is 1. The van der Waals surface area contributed by atoms with Crippen molar-refractivity contribution in [1.82, 2.24) is 4.90 Å². The van der Waals surface area contributed by atoms with E-state index in [0.717, 1.165) is 23.3 Å². The first-order chi connectivity index (χ1) is 22.7. The monoisotopic (exact) mass is 686 g/mol. The van der Waals surface area contributed by atoms with Crippen LogP contribution < -0.4 is 15.2 Å². The molecule has 3 aliphatic rings. The Kier molecular flexibility index (Phi) is 9.58. The number of esters is 1. The quantitative estimate of drug-likeness (QED) is 0.134. The second-order valence-electron chi connectivity index (χ2n) is 11.2. The van der Waals surface area contributed by atoms with Gasteiger partial charge in [-0.05, 0) is 60.7 Å². The molecule has 1 saturated carbocycles. The highest BCUT2D eigenvalue weighted by Gasteiger charge is 2.54. The first kappa shape index (κ1) is 32.6. The first-order valence-electron chi connectivity index (χ1n) is 14.8. The van der Waals surface area contributed by atoms with Crippen LogP contribution in [0.1, 0.15) is 36.5 Å². The van der Waals surface area contributed by atoms with Gasteiger partial charge in [-0.2, -0.15) is 0 Å². The fourth-order valence-corrected chi connectivity index (χ4v) is 6.08. The predicted octanol–water partition coefficient (Wildman–Crippen LogP) is 6.34. The summed E-state index contributed by atoms with van der Waals surface area (Å²) in [5, 5.41) is 0.135. The Labute approximate surface area is 279 Å². The molecular weight excluding hydrogens is 657 g/mol. The minimum absolute atomic E-state index is 0.000241. The SMILES string of the molecule is NC(=O)C1(N2CCC(c3ccc(OCCOc4c(F)ccc(Cl)c4F)cc3)=C(C(=O)OC(C3=COCO3)c3ccccc3Cl)C2)CC1. The van der Waals surface area contributed by atoms with Crippen molar-refractivity contribution in [3.8, 4) is 11.5 Å². The van der Waals surface area contributed by atoms with Crippen LogP contribution in [0.4, 0.5) is 8.78 Å². The van der Waals surface area contributed by atoms with E-state index in [4.69, 9.17) is 52.6 Å². The summed E-state index contributed by atoms with van der Waals surface area (Å²) in [4.78, 5) is 28.4. The van der Waals surface area contributed by atoms with Crippen LogP contribution >= 0.6 is 23.2 Å². The molecule has 47 heavy (non-hydrogen) atoms. The van der Waals surface area contributed by atoms with Crippen LogP contribution in [0.3, 0.4) is 0 Å². The molecule has 1 unspecified atom stereocenters. The normalized spacial score (nSPS) is 17.7. The Hall–Kier alpha value is -4.32. The van der Waals surface area contributed by atoms with Gasteiger partial charge in [-0.15, -0.1) is 0 Å². The van der Waals surface area contributed by atoms with Gasteiger partial charge in [0.2, 0.25) is 12.7 Å². The van der Waals surface area contributed by atoms with Crippen molar-refractivity contribution in [2.24, 2.45) is 5.73 Å². The molecule has 1 amide bonds. The molecule has 6 rings (SSSR count). The number of ether oxygens (including phenoxy) is 5. The zero-order valence-electron chi connectivity index (χ0n) is 25.0.